The maximum atomic E-state index is 4.63. The van der Waals surface area contributed by atoms with Crippen LogP contribution in [0.3, 0.4) is 0 Å². The van der Waals surface area contributed by atoms with Gasteiger partial charge in [0.2, 0.25) is 0 Å². The second-order valence-electron chi connectivity index (χ2n) is 8.74. The zero-order chi connectivity index (χ0) is 22.7. The highest BCUT2D eigenvalue weighted by Crippen LogP contribution is 2.36. The van der Waals surface area contributed by atoms with E-state index in [9.17, 15) is 0 Å². The summed E-state index contributed by atoms with van der Waals surface area (Å²) in [6.07, 6.45) is 0. The van der Waals surface area contributed by atoms with Gasteiger partial charge in [-0.3, -0.25) is 4.40 Å². The van der Waals surface area contributed by atoms with Crippen molar-refractivity contribution in [3.63, 3.8) is 0 Å². The predicted octanol–water partition coefficient (Wildman–Crippen LogP) is 7.90. The highest BCUT2D eigenvalue weighted by Gasteiger charge is 2.17. The normalized spacial score (nSPS) is 11.6. The Balaban J connectivity index is 1.72. The SMILES string of the molecule is Cc1cc(C)c(-c2ccc3c(c2)c2ccccc2c2nnc(-c4ccc(I)cc4)n32)c(C)c1. The van der Waals surface area contributed by atoms with Crippen LogP contribution in [0.4, 0.5) is 0 Å². The average Bonchev–Trinajstić information content (AvgIpc) is 3.24. The number of halogens is 1. The topological polar surface area (TPSA) is 30.2 Å². The van der Waals surface area contributed by atoms with E-state index in [0.717, 1.165) is 27.9 Å². The van der Waals surface area contributed by atoms with Gasteiger partial charge in [0.1, 0.15) is 0 Å². The van der Waals surface area contributed by atoms with E-state index in [1.165, 1.54) is 42.2 Å². The zero-order valence-electron chi connectivity index (χ0n) is 18.7. The van der Waals surface area contributed by atoms with Gasteiger partial charge in [0.15, 0.2) is 11.5 Å². The fourth-order valence-corrected chi connectivity index (χ4v) is 5.48. The summed E-state index contributed by atoms with van der Waals surface area (Å²) < 4.78 is 3.41. The second kappa shape index (κ2) is 7.66. The van der Waals surface area contributed by atoms with Crippen molar-refractivity contribution in [2.24, 2.45) is 0 Å². The van der Waals surface area contributed by atoms with Crippen LogP contribution < -0.4 is 0 Å². The van der Waals surface area contributed by atoms with Crippen molar-refractivity contribution in [3.05, 3.63) is 99.1 Å². The summed E-state index contributed by atoms with van der Waals surface area (Å²) in [7, 11) is 0. The first-order valence-corrected chi connectivity index (χ1v) is 12.1. The van der Waals surface area contributed by atoms with Gasteiger partial charge >= 0.3 is 0 Å². The molecule has 0 saturated heterocycles. The molecule has 0 atom stereocenters. The lowest BCUT2D eigenvalue weighted by Gasteiger charge is -2.15. The standard InChI is InChI=1S/C29H22IN3/c1-17-14-18(2)27(19(3)15-17)21-10-13-26-25(16-21)23-6-4-5-7-24(23)29-32-31-28(33(26)29)20-8-11-22(30)12-9-20/h4-16H,1-3H3. The molecule has 0 aliphatic heterocycles. The van der Waals surface area contributed by atoms with Crippen LogP contribution in [-0.4, -0.2) is 14.6 Å². The number of nitrogens with zero attached hydrogens (tertiary/aromatic N) is 3. The first-order valence-electron chi connectivity index (χ1n) is 11.0. The first-order chi connectivity index (χ1) is 16.0. The maximum absolute atomic E-state index is 4.63. The Kier molecular flexibility index (Phi) is 4.73. The van der Waals surface area contributed by atoms with Gasteiger partial charge in [0.25, 0.3) is 0 Å². The summed E-state index contributed by atoms with van der Waals surface area (Å²) in [5.41, 5.74) is 9.54. The van der Waals surface area contributed by atoms with E-state index >= 15 is 0 Å². The number of aromatic nitrogens is 3. The second-order valence-corrected chi connectivity index (χ2v) is 9.99. The minimum Gasteiger partial charge on any atom is -0.274 e. The summed E-state index contributed by atoms with van der Waals surface area (Å²) in [5.74, 6) is 0.868. The molecular formula is C29H22IN3. The molecular weight excluding hydrogens is 517 g/mol. The number of pyridine rings is 1. The Morgan fingerprint density at radius 2 is 1.33 bits per heavy atom. The van der Waals surface area contributed by atoms with Crippen LogP contribution in [0.2, 0.25) is 0 Å². The Morgan fingerprint density at radius 1 is 0.667 bits per heavy atom. The van der Waals surface area contributed by atoms with Crippen LogP contribution >= 0.6 is 22.6 Å². The van der Waals surface area contributed by atoms with Crippen molar-refractivity contribution in [2.45, 2.75) is 20.8 Å². The van der Waals surface area contributed by atoms with Gasteiger partial charge in [-0.15, -0.1) is 10.2 Å². The fraction of sp³-hybridized carbons (Fsp3) is 0.103. The van der Waals surface area contributed by atoms with Gasteiger partial charge in [-0.1, -0.05) is 60.2 Å². The van der Waals surface area contributed by atoms with E-state index < -0.39 is 0 Å². The average molecular weight is 539 g/mol. The summed E-state index contributed by atoms with van der Waals surface area (Å²) in [5, 5.41) is 12.8. The Labute approximate surface area is 206 Å². The minimum absolute atomic E-state index is 0.868. The van der Waals surface area contributed by atoms with Gasteiger partial charge in [-0.2, -0.15) is 0 Å². The number of rotatable bonds is 2. The molecule has 3 nitrogen and oxygen atoms in total. The number of fused-ring (bicyclic) bond motifs is 6. The smallest absolute Gasteiger partial charge is 0.169 e. The Hall–Kier alpha value is -3.25. The molecule has 2 aromatic heterocycles. The molecule has 6 aromatic rings. The molecule has 4 heteroatoms. The summed E-state index contributed by atoms with van der Waals surface area (Å²) >= 11 is 2.33. The first kappa shape index (κ1) is 20.4. The van der Waals surface area contributed by atoms with Crippen molar-refractivity contribution in [3.8, 4) is 22.5 Å². The molecule has 6 rings (SSSR count). The molecule has 0 radical (unpaired) electrons. The molecule has 0 bridgehead atoms. The van der Waals surface area contributed by atoms with E-state index in [1.54, 1.807) is 0 Å². The maximum Gasteiger partial charge on any atom is 0.169 e. The number of hydrogen-bond acceptors (Lipinski definition) is 2. The lowest BCUT2D eigenvalue weighted by molar-refractivity contribution is 1.12. The number of aryl methyl sites for hydroxylation is 3. The van der Waals surface area contributed by atoms with Crippen molar-refractivity contribution >= 4 is 49.9 Å². The van der Waals surface area contributed by atoms with E-state index in [4.69, 9.17) is 0 Å². The summed E-state index contributed by atoms with van der Waals surface area (Å²) in [6.45, 7) is 6.57. The Morgan fingerprint density at radius 3 is 2.06 bits per heavy atom. The molecule has 0 fully saturated rings. The Bertz CT molecular complexity index is 1670. The van der Waals surface area contributed by atoms with Gasteiger partial charge in [0.05, 0.1) is 5.52 Å². The molecule has 4 aromatic carbocycles. The largest absolute Gasteiger partial charge is 0.274 e. The molecule has 0 aliphatic rings. The van der Waals surface area contributed by atoms with Gasteiger partial charge in [-0.25, -0.2) is 0 Å². The predicted molar refractivity (Wildman–Crippen MR) is 146 cm³/mol. The van der Waals surface area contributed by atoms with Crippen molar-refractivity contribution < 1.29 is 0 Å². The molecule has 160 valence electrons. The van der Waals surface area contributed by atoms with Crippen molar-refractivity contribution in [1.82, 2.24) is 14.6 Å². The minimum atomic E-state index is 0.868. The molecule has 2 heterocycles. The fourth-order valence-electron chi connectivity index (χ4n) is 5.12. The lowest BCUT2D eigenvalue weighted by atomic mass is 9.92. The lowest BCUT2D eigenvalue weighted by Crippen LogP contribution is -1.96. The third kappa shape index (κ3) is 3.23. The van der Waals surface area contributed by atoms with Crippen LogP contribution in [0.5, 0.6) is 0 Å². The molecule has 0 saturated carbocycles. The van der Waals surface area contributed by atoms with Crippen LogP contribution in [0.25, 0.3) is 49.8 Å². The molecule has 0 amide bonds. The van der Waals surface area contributed by atoms with Crippen molar-refractivity contribution in [2.75, 3.05) is 0 Å². The van der Waals surface area contributed by atoms with Gasteiger partial charge in [0, 0.05) is 19.9 Å². The van der Waals surface area contributed by atoms with Crippen LogP contribution in [0.1, 0.15) is 16.7 Å². The quantitative estimate of drug-likeness (QED) is 0.165. The zero-order valence-corrected chi connectivity index (χ0v) is 20.9. The molecule has 0 spiro atoms. The highest BCUT2D eigenvalue weighted by molar-refractivity contribution is 14.1. The molecule has 0 unspecified atom stereocenters. The third-order valence-corrected chi connectivity index (χ3v) is 7.15. The summed E-state index contributed by atoms with van der Waals surface area (Å²) in [4.78, 5) is 0. The summed E-state index contributed by atoms with van der Waals surface area (Å²) in [6, 6.07) is 28.3. The van der Waals surface area contributed by atoms with Crippen molar-refractivity contribution in [1.29, 1.82) is 0 Å². The van der Waals surface area contributed by atoms with Crippen LogP contribution in [-0.2, 0) is 0 Å². The molecule has 33 heavy (non-hydrogen) atoms. The van der Waals surface area contributed by atoms with Crippen LogP contribution in [0, 0.1) is 24.3 Å². The van der Waals surface area contributed by atoms with Gasteiger partial charge < -0.3 is 0 Å². The number of hydrogen-bond donors (Lipinski definition) is 0. The third-order valence-electron chi connectivity index (χ3n) is 6.43. The monoisotopic (exact) mass is 539 g/mol. The van der Waals surface area contributed by atoms with Crippen LogP contribution in [0.15, 0.2) is 78.9 Å². The molecule has 0 N–H and O–H groups in total. The molecule has 0 aliphatic carbocycles. The number of benzene rings is 4. The van der Waals surface area contributed by atoms with E-state index in [1.807, 2.05) is 0 Å². The highest BCUT2D eigenvalue weighted by atomic mass is 127. The van der Waals surface area contributed by atoms with E-state index in [-0.39, 0.29) is 0 Å². The van der Waals surface area contributed by atoms with Gasteiger partial charge in [-0.05, 0) is 95.3 Å². The van der Waals surface area contributed by atoms with E-state index in [0.29, 0.717) is 0 Å². The van der Waals surface area contributed by atoms with E-state index in [2.05, 4.69) is 137 Å².